The van der Waals surface area contributed by atoms with Crippen molar-refractivity contribution in [1.29, 1.82) is 0 Å². The number of carbonyl (C=O) groups is 2. The van der Waals surface area contributed by atoms with Gasteiger partial charge in [0.15, 0.2) is 5.58 Å². The van der Waals surface area contributed by atoms with Crippen LogP contribution in [0.25, 0.3) is 11.1 Å². The Morgan fingerprint density at radius 1 is 1.14 bits per heavy atom. The van der Waals surface area contributed by atoms with E-state index >= 15 is 0 Å². The number of aliphatic hydroxyl groups is 1. The molecule has 2 aliphatic rings. The number of hydrogen-bond acceptors (Lipinski definition) is 7. The number of aromatic nitrogens is 1. The summed E-state index contributed by atoms with van der Waals surface area (Å²) in [5.41, 5.74) is 2.39. The molecule has 190 valence electrons. The van der Waals surface area contributed by atoms with Crippen molar-refractivity contribution >= 4 is 22.9 Å². The highest BCUT2D eigenvalue weighted by Crippen LogP contribution is 2.24. The summed E-state index contributed by atoms with van der Waals surface area (Å²) in [5, 5.41) is 15.6. The second-order valence-electron chi connectivity index (χ2n) is 9.15. The number of aliphatic hydroxyl groups excluding tert-OH is 1. The van der Waals surface area contributed by atoms with Gasteiger partial charge in [-0.15, -0.1) is 0 Å². The highest BCUT2D eigenvalue weighted by molar-refractivity contribution is 5.95. The minimum Gasteiger partial charge on any atom is -0.462 e. The summed E-state index contributed by atoms with van der Waals surface area (Å²) < 4.78 is 31.1. The smallest absolute Gasteiger partial charge is 0.270 e. The van der Waals surface area contributed by atoms with E-state index in [1.54, 1.807) is 18.2 Å². The number of hydrogen-bond donors (Lipinski definition) is 3. The van der Waals surface area contributed by atoms with Crippen LogP contribution in [0.5, 0.6) is 0 Å². The summed E-state index contributed by atoms with van der Waals surface area (Å²) in [4.78, 5) is 29.7. The van der Waals surface area contributed by atoms with Crippen molar-refractivity contribution in [1.82, 2.24) is 15.6 Å². The SMILES string of the molecule is O=C(N[C@H]1CCOC[C@@H]1O)c1cc(Cc2ccc(C(=O)NCC3CCCO3)c(F)c2)c2occc2n1. The molecule has 5 rings (SSSR count). The van der Waals surface area contributed by atoms with Crippen molar-refractivity contribution in [2.45, 2.75) is 43.9 Å². The van der Waals surface area contributed by atoms with Crippen LogP contribution in [0.4, 0.5) is 4.39 Å². The van der Waals surface area contributed by atoms with Crippen LogP contribution in [0.3, 0.4) is 0 Å². The zero-order valence-electron chi connectivity index (χ0n) is 19.7. The fourth-order valence-corrected chi connectivity index (χ4v) is 4.58. The molecule has 2 saturated heterocycles. The molecule has 0 spiro atoms. The fourth-order valence-electron chi connectivity index (χ4n) is 4.58. The van der Waals surface area contributed by atoms with E-state index in [0.717, 1.165) is 12.8 Å². The molecule has 0 saturated carbocycles. The molecule has 9 nitrogen and oxygen atoms in total. The molecule has 2 aliphatic heterocycles. The van der Waals surface area contributed by atoms with Gasteiger partial charge in [-0.1, -0.05) is 6.07 Å². The summed E-state index contributed by atoms with van der Waals surface area (Å²) in [7, 11) is 0. The Hall–Kier alpha value is -3.34. The van der Waals surface area contributed by atoms with Crippen molar-refractivity contribution in [2.24, 2.45) is 0 Å². The van der Waals surface area contributed by atoms with Gasteiger partial charge in [0.05, 0.1) is 36.7 Å². The number of rotatable bonds is 7. The molecular formula is C26H28FN3O6. The van der Waals surface area contributed by atoms with E-state index in [-0.39, 0.29) is 30.4 Å². The lowest BCUT2D eigenvalue weighted by Gasteiger charge is -2.28. The van der Waals surface area contributed by atoms with E-state index in [1.165, 1.54) is 18.4 Å². The molecule has 4 heterocycles. The molecule has 36 heavy (non-hydrogen) atoms. The number of amides is 2. The van der Waals surface area contributed by atoms with Crippen molar-refractivity contribution in [2.75, 3.05) is 26.4 Å². The van der Waals surface area contributed by atoms with Gasteiger partial charge in [-0.2, -0.15) is 0 Å². The maximum atomic E-state index is 14.8. The van der Waals surface area contributed by atoms with Gasteiger partial charge >= 0.3 is 0 Å². The number of carbonyl (C=O) groups excluding carboxylic acids is 2. The fraction of sp³-hybridized carbons (Fsp3) is 0.423. The molecule has 1 unspecified atom stereocenters. The number of furan rings is 1. The van der Waals surface area contributed by atoms with Crippen molar-refractivity contribution < 1.29 is 33.0 Å². The van der Waals surface area contributed by atoms with Gasteiger partial charge in [0.1, 0.15) is 17.0 Å². The second-order valence-corrected chi connectivity index (χ2v) is 9.15. The Kier molecular flexibility index (Phi) is 7.26. The number of nitrogens with one attached hydrogen (secondary N) is 2. The lowest BCUT2D eigenvalue weighted by Crippen LogP contribution is -2.48. The van der Waals surface area contributed by atoms with Gasteiger partial charge in [0, 0.05) is 37.8 Å². The Bertz CT molecular complexity index is 1260. The summed E-state index contributed by atoms with van der Waals surface area (Å²) in [5.74, 6) is -1.54. The van der Waals surface area contributed by atoms with Gasteiger partial charge < -0.3 is 29.6 Å². The average molecular weight is 498 g/mol. The first-order chi connectivity index (χ1) is 17.5. The first-order valence-electron chi connectivity index (χ1n) is 12.1. The number of nitrogens with zero attached hydrogens (tertiary/aromatic N) is 1. The van der Waals surface area contributed by atoms with E-state index in [1.807, 2.05) is 0 Å². The molecule has 0 bridgehead atoms. The maximum Gasteiger partial charge on any atom is 0.270 e. The lowest BCUT2D eigenvalue weighted by molar-refractivity contribution is -0.0261. The summed E-state index contributed by atoms with van der Waals surface area (Å²) in [6.45, 7) is 1.65. The summed E-state index contributed by atoms with van der Waals surface area (Å²) in [6, 6.07) is 7.28. The third kappa shape index (κ3) is 5.40. The predicted molar refractivity (Wildman–Crippen MR) is 127 cm³/mol. The van der Waals surface area contributed by atoms with Crippen molar-refractivity contribution in [3.8, 4) is 0 Å². The third-order valence-electron chi connectivity index (χ3n) is 6.55. The van der Waals surface area contributed by atoms with Gasteiger partial charge in [-0.05, 0) is 43.0 Å². The van der Waals surface area contributed by atoms with Crippen LogP contribution in [0, 0.1) is 5.82 Å². The van der Waals surface area contributed by atoms with E-state index in [0.29, 0.717) is 48.4 Å². The normalized spacial score (nSPS) is 22.0. The Morgan fingerprint density at radius 2 is 2.03 bits per heavy atom. The van der Waals surface area contributed by atoms with Crippen LogP contribution in [-0.2, 0) is 15.9 Å². The van der Waals surface area contributed by atoms with Crippen LogP contribution in [0.2, 0.25) is 0 Å². The lowest BCUT2D eigenvalue weighted by atomic mass is 10.0. The maximum absolute atomic E-state index is 14.8. The van der Waals surface area contributed by atoms with E-state index < -0.39 is 29.8 Å². The first-order valence-corrected chi connectivity index (χ1v) is 12.1. The van der Waals surface area contributed by atoms with E-state index in [2.05, 4.69) is 15.6 Å². The van der Waals surface area contributed by atoms with Gasteiger partial charge in [0.25, 0.3) is 11.8 Å². The molecule has 1 aromatic carbocycles. The monoisotopic (exact) mass is 497 g/mol. The van der Waals surface area contributed by atoms with Crippen molar-refractivity contribution in [3.63, 3.8) is 0 Å². The van der Waals surface area contributed by atoms with Crippen LogP contribution < -0.4 is 10.6 Å². The molecule has 2 amide bonds. The van der Waals surface area contributed by atoms with Gasteiger partial charge in [-0.25, -0.2) is 9.37 Å². The molecule has 3 atom stereocenters. The van der Waals surface area contributed by atoms with Crippen LogP contribution in [0.1, 0.15) is 51.2 Å². The largest absolute Gasteiger partial charge is 0.462 e. The number of fused-ring (bicyclic) bond motifs is 1. The number of pyridine rings is 1. The van der Waals surface area contributed by atoms with Crippen molar-refractivity contribution in [3.05, 3.63) is 64.8 Å². The summed E-state index contributed by atoms with van der Waals surface area (Å²) >= 11 is 0. The minimum atomic E-state index is -0.788. The molecule has 2 fully saturated rings. The van der Waals surface area contributed by atoms with E-state index in [4.69, 9.17) is 13.9 Å². The number of ether oxygens (including phenoxy) is 2. The zero-order chi connectivity index (χ0) is 25.1. The molecule has 3 N–H and O–H groups in total. The molecule has 10 heteroatoms. The summed E-state index contributed by atoms with van der Waals surface area (Å²) in [6.07, 6.45) is 3.27. The van der Waals surface area contributed by atoms with Gasteiger partial charge in [-0.3, -0.25) is 9.59 Å². The quantitative estimate of drug-likeness (QED) is 0.458. The molecule has 0 aliphatic carbocycles. The first kappa shape index (κ1) is 24.4. The average Bonchev–Trinajstić information content (AvgIpc) is 3.56. The molecular weight excluding hydrogens is 469 g/mol. The van der Waals surface area contributed by atoms with Crippen LogP contribution in [0.15, 0.2) is 41.0 Å². The van der Waals surface area contributed by atoms with Crippen LogP contribution in [-0.4, -0.2) is 66.5 Å². The third-order valence-corrected chi connectivity index (χ3v) is 6.55. The predicted octanol–water partition coefficient (Wildman–Crippen LogP) is 2.35. The molecule has 0 radical (unpaired) electrons. The highest BCUT2D eigenvalue weighted by Gasteiger charge is 2.26. The topological polar surface area (TPSA) is 123 Å². The number of benzene rings is 1. The Morgan fingerprint density at radius 3 is 2.81 bits per heavy atom. The highest BCUT2D eigenvalue weighted by atomic mass is 19.1. The van der Waals surface area contributed by atoms with E-state index in [9.17, 15) is 19.1 Å². The molecule has 2 aromatic heterocycles. The molecule has 3 aromatic rings. The Balaban J connectivity index is 1.31. The van der Waals surface area contributed by atoms with Crippen LogP contribution >= 0.6 is 0 Å². The second kappa shape index (κ2) is 10.7. The standard InChI is InChI=1S/C26H28FN3O6/c27-19-11-15(3-4-18(19)25(32)28-13-17-2-1-7-35-17)10-16-12-22(29-21-6-9-36-24(16)21)26(33)30-20-5-8-34-14-23(20)31/h3-4,6,9,11-12,17,20,23,31H,1-2,5,7-8,10,13-14H2,(H,28,32)(H,30,33)/t17?,20-,23-/m0/s1. The zero-order valence-corrected chi connectivity index (χ0v) is 19.7. The minimum absolute atomic E-state index is 0.0280. The number of halogens is 1. The van der Waals surface area contributed by atoms with Gasteiger partial charge in [0.2, 0.25) is 0 Å². The Labute approximate surface area is 207 Å².